The zero-order valence-corrected chi connectivity index (χ0v) is 18.2. The number of benzene rings is 3. The fourth-order valence-electron chi connectivity index (χ4n) is 2.68. The Morgan fingerprint density at radius 2 is 1.70 bits per heavy atom. The molecule has 0 aliphatic heterocycles. The van der Waals surface area contributed by atoms with Crippen LogP contribution in [0.5, 0.6) is 0 Å². The molecule has 30 heavy (non-hydrogen) atoms. The van der Waals surface area contributed by atoms with Crippen LogP contribution < -0.4 is 10.7 Å². The molecule has 1 heterocycles. The maximum atomic E-state index is 12.3. The minimum absolute atomic E-state index is 0.268. The van der Waals surface area contributed by atoms with Gasteiger partial charge < -0.3 is 5.32 Å². The molecule has 0 aliphatic rings. The third-order valence-corrected chi connectivity index (χ3v) is 5.51. The molecule has 0 atom stereocenters. The Morgan fingerprint density at radius 1 is 0.967 bits per heavy atom. The van der Waals surface area contributed by atoms with E-state index in [4.69, 9.17) is 0 Å². The molecule has 0 bridgehead atoms. The first-order valence-electron chi connectivity index (χ1n) is 9.14. The van der Waals surface area contributed by atoms with Crippen molar-refractivity contribution < 1.29 is 4.79 Å². The molecule has 1 aromatic heterocycles. The minimum atomic E-state index is -0.268. The molecule has 0 fully saturated rings. The van der Waals surface area contributed by atoms with Gasteiger partial charge in [-0.05, 0) is 42.0 Å². The van der Waals surface area contributed by atoms with Gasteiger partial charge in [-0.2, -0.15) is 5.10 Å². The topological polar surface area (TPSA) is 66.4 Å². The first-order chi connectivity index (χ1) is 14.7. The summed E-state index contributed by atoms with van der Waals surface area (Å²) in [5, 5.41) is 10.1. The molecule has 148 valence electrons. The van der Waals surface area contributed by atoms with Crippen LogP contribution in [-0.4, -0.2) is 17.1 Å². The Balaban J connectivity index is 1.35. The number of amides is 1. The number of hydrogen-bond donors (Lipinski definition) is 2. The first-order valence-corrected chi connectivity index (χ1v) is 10.8. The summed E-state index contributed by atoms with van der Waals surface area (Å²) in [6.07, 6.45) is 1.60. The molecule has 3 aromatic carbocycles. The average molecular weight is 477 g/mol. The lowest BCUT2D eigenvalue weighted by atomic mass is 10.2. The van der Waals surface area contributed by atoms with Gasteiger partial charge in [-0.1, -0.05) is 58.4 Å². The van der Waals surface area contributed by atoms with Crippen LogP contribution in [-0.2, 0) is 0 Å². The van der Waals surface area contributed by atoms with Crippen LogP contribution >= 0.6 is 27.3 Å². The SMILES string of the molecule is O=C(N/N=C\c1ccc(Br)cc1)c1ccc(Nc2nc(-c3ccccc3)cs2)cc1. The first kappa shape index (κ1) is 20.0. The van der Waals surface area contributed by atoms with E-state index in [1.165, 1.54) is 11.3 Å². The fourth-order valence-corrected chi connectivity index (χ4v) is 3.68. The Bertz CT molecular complexity index is 1160. The number of nitrogens with zero attached hydrogens (tertiary/aromatic N) is 2. The third kappa shape index (κ3) is 5.20. The molecule has 4 aromatic rings. The van der Waals surface area contributed by atoms with Crippen molar-refractivity contribution in [1.29, 1.82) is 0 Å². The molecule has 5 nitrogen and oxygen atoms in total. The van der Waals surface area contributed by atoms with Gasteiger partial charge in [0.15, 0.2) is 5.13 Å². The molecule has 4 rings (SSSR count). The van der Waals surface area contributed by atoms with Crippen LogP contribution in [0.2, 0.25) is 0 Å². The van der Waals surface area contributed by atoms with E-state index >= 15 is 0 Å². The molecule has 0 aliphatic carbocycles. The van der Waals surface area contributed by atoms with E-state index < -0.39 is 0 Å². The third-order valence-electron chi connectivity index (χ3n) is 4.22. The van der Waals surface area contributed by atoms with Crippen molar-refractivity contribution in [3.8, 4) is 11.3 Å². The van der Waals surface area contributed by atoms with Gasteiger partial charge in [-0.3, -0.25) is 4.79 Å². The molecule has 7 heteroatoms. The number of carbonyl (C=O) groups excluding carboxylic acids is 1. The Kier molecular flexibility index (Phi) is 6.32. The quantitative estimate of drug-likeness (QED) is 0.261. The number of thiazole rings is 1. The van der Waals surface area contributed by atoms with E-state index in [0.29, 0.717) is 5.56 Å². The standard InChI is InChI=1S/C23H17BrN4OS/c24-19-10-6-16(7-11-19)14-25-28-22(29)18-8-12-20(13-9-18)26-23-27-21(15-30-23)17-4-2-1-3-5-17/h1-15H,(H,26,27)(H,28,29)/b25-14-. The van der Waals surface area contributed by atoms with Crippen LogP contribution in [0, 0.1) is 0 Å². The minimum Gasteiger partial charge on any atom is -0.332 e. The van der Waals surface area contributed by atoms with Gasteiger partial charge in [0.1, 0.15) is 0 Å². The van der Waals surface area contributed by atoms with Crippen LogP contribution in [0.4, 0.5) is 10.8 Å². The second-order valence-electron chi connectivity index (χ2n) is 6.36. The summed E-state index contributed by atoms with van der Waals surface area (Å²) >= 11 is 4.92. The summed E-state index contributed by atoms with van der Waals surface area (Å²) in [6, 6.07) is 24.9. The summed E-state index contributed by atoms with van der Waals surface area (Å²) in [4.78, 5) is 16.9. The van der Waals surface area contributed by atoms with Crippen molar-refractivity contribution in [1.82, 2.24) is 10.4 Å². The van der Waals surface area contributed by atoms with Crippen LogP contribution in [0.25, 0.3) is 11.3 Å². The number of hydrazone groups is 1. The van der Waals surface area contributed by atoms with Crippen molar-refractivity contribution in [2.45, 2.75) is 0 Å². The van der Waals surface area contributed by atoms with Gasteiger partial charge in [0, 0.05) is 26.7 Å². The Hall–Kier alpha value is -3.29. The highest BCUT2D eigenvalue weighted by molar-refractivity contribution is 9.10. The predicted molar refractivity (Wildman–Crippen MR) is 126 cm³/mol. The molecule has 0 saturated heterocycles. The maximum Gasteiger partial charge on any atom is 0.271 e. The van der Waals surface area contributed by atoms with Gasteiger partial charge >= 0.3 is 0 Å². The van der Waals surface area contributed by atoms with Gasteiger partial charge in [-0.15, -0.1) is 11.3 Å². The van der Waals surface area contributed by atoms with E-state index in [1.807, 2.05) is 72.1 Å². The molecule has 0 saturated carbocycles. The highest BCUT2D eigenvalue weighted by atomic mass is 79.9. The monoisotopic (exact) mass is 476 g/mol. The summed E-state index contributed by atoms with van der Waals surface area (Å²) in [6.45, 7) is 0. The zero-order valence-electron chi connectivity index (χ0n) is 15.7. The fraction of sp³-hybridized carbons (Fsp3) is 0. The summed E-state index contributed by atoms with van der Waals surface area (Å²) < 4.78 is 0.992. The van der Waals surface area contributed by atoms with Crippen LogP contribution in [0.15, 0.2) is 93.8 Å². The Labute approximate surface area is 186 Å². The number of anilines is 2. The average Bonchev–Trinajstić information content (AvgIpc) is 3.25. The van der Waals surface area contributed by atoms with Gasteiger partial charge in [0.05, 0.1) is 11.9 Å². The van der Waals surface area contributed by atoms with Gasteiger partial charge in [0.25, 0.3) is 5.91 Å². The van der Waals surface area contributed by atoms with Crippen molar-refractivity contribution in [2.75, 3.05) is 5.32 Å². The second kappa shape index (κ2) is 9.47. The summed E-state index contributed by atoms with van der Waals surface area (Å²) in [5.74, 6) is -0.268. The number of aromatic nitrogens is 1. The predicted octanol–water partition coefficient (Wildman–Crippen LogP) is 6.08. The van der Waals surface area contributed by atoms with E-state index in [2.05, 4.69) is 36.8 Å². The van der Waals surface area contributed by atoms with Crippen molar-refractivity contribution in [3.05, 3.63) is 99.8 Å². The summed E-state index contributed by atoms with van der Waals surface area (Å²) in [7, 11) is 0. The van der Waals surface area contributed by atoms with E-state index in [0.717, 1.165) is 32.1 Å². The van der Waals surface area contributed by atoms with Crippen molar-refractivity contribution in [2.24, 2.45) is 5.10 Å². The molecule has 0 spiro atoms. The highest BCUT2D eigenvalue weighted by Crippen LogP contribution is 2.27. The van der Waals surface area contributed by atoms with E-state index in [-0.39, 0.29) is 5.91 Å². The van der Waals surface area contributed by atoms with Crippen LogP contribution in [0.1, 0.15) is 15.9 Å². The van der Waals surface area contributed by atoms with Crippen LogP contribution in [0.3, 0.4) is 0 Å². The number of carbonyl (C=O) groups is 1. The van der Waals surface area contributed by atoms with E-state index in [9.17, 15) is 4.79 Å². The van der Waals surface area contributed by atoms with Gasteiger partial charge in [0.2, 0.25) is 0 Å². The van der Waals surface area contributed by atoms with E-state index in [1.54, 1.807) is 18.3 Å². The molecule has 1 amide bonds. The number of nitrogens with one attached hydrogen (secondary N) is 2. The Morgan fingerprint density at radius 3 is 2.43 bits per heavy atom. The molecule has 0 unspecified atom stereocenters. The lowest BCUT2D eigenvalue weighted by molar-refractivity contribution is 0.0955. The van der Waals surface area contributed by atoms with Gasteiger partial charge in [-0.25, -0.2) is 10.4 Å². The lowest BCUT2D eigenvalue weighted by Crippen LogP contribution is -2.17. The lowest BCUT2D eigenvalue weighted by Gasteiger charge is -2.04. The van der Waals surface area contributed by atoms with Crippen molar-refractivity contribution >= 4 is 50.2 Å². The van der Waals surface area contributed by atoms with Crippen molar-refractivity contribution in [3.63, 3.8) is 0 Å². The number of hydrogen-bond acceptors (Lipinski definition) is 5. The second-order valence-corrected chi connectivity index (χ2v) is 8.13. The molecular weight excluding hydrogens is 460 g/mol. The smallest absolute Gasteiger partial charge is 0.271 e. The number of rotatable bonds is 6. The highest BCUT2D eigenvalue weighted by Gasteiger charge is 2.07. The maximum absolute atomic E-state index is 12.3. The molecular formula is C23H17BrN4OS. The largest absolute Gasteiger partial charge is 0.332 e. The summed E-state index contributed by atoms with van der Waals surface area (Å²) in [5.41, 5.74) is 6.84. The number of halogens is 1. The normalized spacial score (nSPS) is 10.8. The zero-order chi connectivity index (χ0) is 20.8. The molecule has 0 radical (unpaired) electrons. The molecule has 2 N–H and O–H groups in total.